The summed E-state index contributed by atoms with van der Waals surface area (Å²) in [6.07, 6.45) is 1.89. The van der Waals surface area contributed by atoms with Crippen LogP contribution in [0.3, 0.4) is 0 Å². The summed E-state index contributed by atoms with van der Waals surface area (Å²) in [5.41, 5.74) is 2.90. The first-order valence-electron chi connectivity index (χ1n) is 9.28. The Bertz CT molecular complexity index is 1150. The van der Waals surface area contributed by atoms with Crippen molar-refractivity contribution in [1.82, 2.24) is 24.5 Å². The Hall–Kier alpha value is -3.27. The van der Waals surface area contributed by atoms with E-state index in [4.69, 9.17) is 4.74 Å². The Morgan fingerprint density at radius 1 is 1.10 bits per heavy atom. The molecular formula is C20H19N5O4S. The van der Waals surface area contributed by atoms with Gasteiger partial charge in [0.05, 0.1) is 24.1 Å². The minimum atomic E-state index is -0.468. The van der Waals surface area contributed by atoms with Crippen LogP contribution in [0, 0.1) is 13.8 Å². The highest BCUT2D eigenvalue weighted by molar-refractivity contribution is 7.98. The number of carbonyl (C=O) groups excluding carboxylic acids is 3. The van der Waals surface area contributed by atoms with E-state index in [0.717, 1.165) is 10.6 Å². The minimum absolute atomic E-state index is 0.00744. The molecule has 3 heterocycles. The highest BCUT2D eigenvalue weighted by atomic mass is 32.2. The molecule has 4 rings (SSSR count). The Labute approximate surface area is 176 Å². The number of nitrogens with zero attached hydrogens (tertiary/aromatic N) is 5. The van der Waals surface area contributed by atoms with Crippen LogP contribution < -0.4 is 0 Å². The Morgan fingerprint density at radius 2 is 1.77 bits per heavy atom. The first-order valence-corrected chi connectivity index (χ1v) is 10.5. The van der Waals surface area contributed by atoms with Crippen molar-refractivity contribution in [2.75, 3.05) is 19.4 Å². The highest BCUT2D eigenvalue weighted by Crippen LogP contribution is 2.22. The first-order chi connectivity index (χ1) is 14.4. The van der Waals surface area contributed by atoms with Crippen LogP contribution in [0.2, 0.25) is 0 Å². The number of fused-ring (bicyclic) bond motifs is 2. The van der Waals surface area contributed by atoms with E-state index in [-0.39, 0.29) is 31.4 Å². The third kappa shape index (κ3) is 3.43. The molecule has 2 aromatic heterocycles. The average molecular weight is 425 g/mol. The van der Waals surface area contributed by atoms with Gasteiger partial charge in [-0.15, -0.1) is 5.10 Å². The van der Waals surface area contributed by atoms with E-state index in [1.54, 1.807) is 28.8 Å². The predicted octanol–water partition coefficient (Wildman–Crippen LogP) is 1.84. The molecule has 0 bridgehead atoms. The molecule has 1 aliphatic heterocycles. The van der Waals surface area contributed by atoms with E-state index in [2.05, 4.69) is 15.1 Å². The molecule has 9 nitrogen and oxygen atoms in total. The highest BCUT2D eigenvalue weighted by Gasteiger charge is 2.34. The van der Waals surface area contributed by atoms with Gasteiger partial charge in [0.25, 0.3) is 17.6 Å². The summed E-state index contributed by atoms with van der Waals surface area (Å²) in [5.74, 6) is -0.728. The summed E-state index contributed by atoms with van der Waals surface area (Å²) >= 11 is 1.41. The van der Waals surface area contributed by atoms with Gasteiger partial charge in [0, 0.05) is 17.0 Å². The van der Waals surface area contributed by atoms with Crippen LogP contribution in [-0.2, 0) is 16.0 Å². The van der Waals surface area contributed by atoms with Crippen LogP contribution in [-0.4, -0.2) is 61.7 Å². The lowest BCUT2D eigenvalue weighted by Gasteiger charge is -2.14. The minimum Gasteiger partial charge on any atom is -0.464 e. The average Bonchev–Trinajstić information content (AvgIpc) is 3.26. The smallest absolute Gasteiger partial charge is 0.310 e. The fourth-order valence-corrected chi connectivity index (χ4v) is 3.76. The molecule has 1 aromatic carbocycles. The van der Waals surface area contributed by atoms with Crippen LogP contribution in [0.5, 0.6) is 0 Å². The lowest BCUT2D eigenvalue weighted by atomic mass is 10.1. The zero-order valence-corrected chi connectivity index (χ0v) is 17.5. The molecule has 0 saturated heterocycles. The summed E-state index contributed by atoms with van der Waals surface area (Å²) in [6.45, 7) is 3.59. The second-order valence-corrected chi connectivity index (χ2v) is 7.55. The Kier molecular flexibility index (Phi) is 5.25. The molecule has 0 radical (unpaired) electrons. The third-order valence-corrected chi connectivity index (χ3v) is 5.53. The molecule has 10 heteroatoms. The Morgan fingerprint density at radius 3 is 2.40 bits per heavy atom. The number of ether oxygens (including phenoxy) is 1. The number of rotatable bonds is 6. The second kappa shape index (κ2) is 7.86. The lowest BCUT2D eigenvalue weighted by Crippen LogP contribution is -2.33. The van der Waals surface area contributed by atoms with Gasteiger partial charge in [-0.25, -0.2) is 9.50 Å². The number of thioether (sulfide) groups is 1. The molecule has 0 atom stereocenters. The molecule has 154 valence electrons. The molecule has 2 amide bonds. The molecule has 0 N–H and O–H groups in total. The predicted molar refractivity (Wildman–Crippen MR) is 109 cm³/mol. The van der Waals surface area contributed by atoms with Crippen molar-refractivity contribution in [2.24, 2.45) is 0 Å². The van der Waals surface area contributed by atoms with E-state index in [1.165, 1.54) is 11.8 Å². The Balaban J connectivity index is 1.40. The molecule has 1 aliphatic rings. The monoisotopic (exact) mass is 425 g/mol. The van der Waals surface area contributed by atoms with Crippen LogP contribution >= 0.6 is 11.8 Å². The van der Waals surface area contributed by atoms with Crippen molar-refractivity contribution in [3.05, 3.63) is 52.3 Å². The van der Waals surface area contributed by atoms with Gasteiger partial charge in [0.2, 0.25) is 5.16 Å². The fourth-order valence-electron chi connectivity index (χ4n) is 3.42. The van der Waals surface area contributed by atoms with Gasteiger partial charge in [0.1, 0.15) is 6.61 Å². The van der Waals surface area contributed by atoms with Crippen LogP contribution in [0.15, 0.2) is 29.4 Å². The van der Waals surface area contributed by atoms with Gasteiger partial charge < -0.3 is 4.74 Å². The third-order valence-electron chi connectivity index (χ3n) is 4.99. The number of imide groups is 1. The van der Waals surface area contributed by atoms with Gasteiger partial charge in [0.15, 0.2) is 0 Å². The summed E-state index contributed by atoms with van der Waals surface area (Å²) < 4.78 is 6.90. The van der Waals surface area contributed by atoms with Gasteiger partial charge in [-0.05, 0) is 32.2 Å². The van der Waals surface area contributed by atoms with Crippen molar-refractivity contribution in [3.8, 4) is 0 Å². The molecule has 0 saturated carbocycles. The largest absolute Gasteiger partial charge is 0.464 e. The number of esters is 1. The lowest BCUT2D eigenvalue weighted by molar-refractivity contribution is -0.143. The summed E-state index contributed by atoms with van der Waals surface area (Å²) in [7, 11) is 0. The van der Waals surface area contributed by atoms with Gasteiger partial charge >= 0.3 is 5.97 Å². The van der Waals surface area contributed by atoms with Crippen molar-refractivity contribution in [2.45, 2.75) is 25.4 Å². The van der Waals surface area contributed by atoms with Gasteiger partial charge in [-0.1, -0.05) is 23.9 Å². The van der Waals surface area contributed by atoms with E-state index in [1.807, 2.05) is 20.1 Å². The summed E-state index contributed by atoms with van der Waals surface area (Å²) in [4.78, 5) is 46.9. The fraction of sp³-hybridized carbons (Fsp3) is 0.300. The molecule has 0 aliphatic carbocycles. The second-order valence-electron chi connectivity index (χ2n) is 6.78. The van der Waals surface area contributed by atoms with E-state index in [0.29, 0.717) is 33.3 Å². The molecule has 0 fully saturated rings. The summed E-state index contributed by atoms with van der Waals surface area (Å²) in [6, 6.07) is 6.65. The quantitative estimate of drug-likeness (QED) is 0.335. The van der Waals surface area contributed by atoms with Crippen LogP contribution in [0.1, 0.15) is 37.7 Å². The molecule has 30 heavy (non-hydrogen) atoms. The zero-order valence-electron chi connectivity index (χ0n) is 16.7. The normalized spacial score (nSPS) is 13.2. The number of hydrogen-bond donors (Lipinski definition) is 0. The molecule has 3 aromatic rings. The van der Waals surface area contributed by atoms with Crippen molar-refractivity contribution >= 4 is 35.3 Å². The number of aryl methyl sites for hydroxylation is 2. The van der Waals surface area contributed by atoms with Crippen LogP contribution in [0.25, 0.3) is 5.78 Å². The number of carbonyl (C=O) groups is 3. The van der Waals surface area contributed by atoms with Crippen molar-refractivity contribution in [1.29, 1.82) is 0 Å². The maximum absolute atomic E-state index is 12.4. The van der Waals surface area contributed by atoms with E-state index in [9.17, 15) is 14.4 Å². The van der Waals surface area contributed by atoms with E-state index < -0.39 is 5.97 Å². The van der Waals surface area contributed by atoms with Gasteiger partial charge in [-0.3, -0.25) is 19.3 Å². The first kappa shape index (κ1) is 20.0. The number of aromatic nitrogens is 4. The van der Waals surface area contributed by atoms with Crippen molar-refractivity contribution < 1.29 is 19.1 Å². The number of amides is 2. The number of benzene rings is 1. The van der Waals surface area contributed by atoms with Gasteiger partial charge in [-0.2, -0.15) is 4.98 Å². The maximum Gasteiger partial charge on any atom is 0.310 e. The zero-order chi connectivity index (χ0) is 21.4. The summed E-state index contributed by atoms with van der Waals surface area (Å²) in [5, 5.41) is 4.97. The number of hydrogen-bond acceptors (Lipinski definition) is 8. The standard InChI is InChI=1S/C20H19N5O4S/c1-11-15(12(2)25-19(21-11)22-20(23-25)30-3)10-16(26)29-9-8-24-17(27)13-6-4-5-7-14(13)18(24)28/h4-7H,8-10H2,1-3H3. The van der Waals surface area contributed by atoms with Crippen molar-refractivity contribution in [3.63, 3.8) is 0 Å². The topological polar surface area (TPSA) is 107 Å². The molecular weight excluding hydrogens is 406 g/mol. The maximum atomic E-state index is 12.4. The van der Waals surface area contributed by atoms with Crippen LogP contribution in [0.4, 0.5) is 0 Å². The SMILES string of the molecule is CSc1nc2nc(C)c(CC(=O)OCCN3C(=O)c4ccccc4C3=O)c(C)n2n1. The molecule has 0 unspecified atom stereocenters. The van der Waals surface area contributed by atoms with E-state index >= 15 is 0 Å². The molecule has 0 spiro atoms.